The molecule has 0 radical (unpaired) electrons. The first-order valence-electron chi connectivity index (χ1n) is 5.40. The highest BCUT2D eigenvalue weighted by Gasteiger charge is 2.47. The molecule has 1 saturated heterocycles. The second-order valence-electron chi connectivity index (χ2n) is 4.26. The predicted molar refractivity (Wildman–Crippen MR) is 57.9 cm³/mol. The lowest BCUT2D eigenvalue weighted by Gasteiger charge is -2.23. The molecule has 0 amide bonds. The number of aryl methyl sites for hydroxylation is 1. The fourth-order valence-electron chi connectivity index (χ4n) is 2.49. The van der Waals surface area contributed by atoms with E-state index >= 15 is 0 Å². The molecule has 2 atom stereocenters. The molecule has 1 fully saturated rings. The second-order valence-corrected chi connectivity index (χ2v) is 4.57. The summed E-state index contributed by atoms with van der Waals surface area (Å²) in [5.41, 5.74) is 1.94. The highest BCUT2D eigenvalue weighted by Crippen LogP contribution is 2.45. The molecule has 1 aromatic rings. The summed E-state index contributed by atoms with van der Waals surface area (Å²) in [6, 6.07) is 4.77. The molecule has 0 N–H and O–H groups in total. The van der Waals surface area contributed by atoms with E-state index in [9.17, 15) is 4.39 Å². The van der Waals surface area contributed by atoms with Crippen LogP contribution in [0.2, 0.25) is 0 Å². The fourth-order valence-corrected chi connectivity index (χ4v) is 2.64. The Balaban J connectivity index is 1.97. The third kappa shape index (κ3) is 1.46. The Morgan fingerprint density at radius 1 is 1.50 bits per heavy atom. The van der Waals surface area contributed by atoms with E-state index in [1.807, 2.05) is 0 Å². The Labute approximate surface area is 98.3 Å². The average Bonchev–Trinajstić information content (AvgIpc) is 2.85. The first kappa shape index (κ1) is 10.5. The zero-order valence-electron chi connectivity index (χ0n) is 8.71. The van der Waals surface area contributed by atoms with E-state index in [1.165, 1.54) is 6.07 Å². The van der Waals surface area contributed by atoms with Crippen LogP contribution in [0.5, 0.6) is 0 Å². The molecule has 4 heteroatoms. The van der Waals surface area contributed by atoms with E-state index in [-0.39, 0.29) is 11.9 Å². The van der Waals surface area contributed by atoms with Crippen LogP contribution in [0, 0.1) is 5.82 Å². The molecule has 86 valence electrons. The molecule has 1 heterocycles. The number of ether oxygens (including phenoxy) is 2. The van der Waals surface area contributed by atoms with Crippen molar-refractivity contribution >= 4 is 11.6 Å². The van der Waals surface area contributed by atoms with Gasteiger partial charge in [0.2, 0.25) is 0 Å². The monoisotopic (exact) mass is 242 g/mol. The summed E-state index contributed by atoms with van der Waals surface area (Å²) in [6.07, 6.45) is 1.49. The fraction of sp³-hybridized carbons (Fsp3) is 0.500. The maximum absolute atomic E-state index is 13.1. The Kier molecular flexibility index (Phi) is 2.42. The van der Waals surface area contributed by atoms with Crippen LogP contribution in [-0.2, 0) is 21.7 Å². The summed E-state index contributed by atoms with van der Waals surface area (Å²) < 4.78 is 24.7. The van der Waals surface area contributed by atoms with Crippen molar-refractivity contribution in [1.82, 2.24) is 0 Å². The maximum atomic E-state index is 13.1. The van der Waals surface area contributed by atoms with E-state index in [0.29, 0.717) is 12.5 Å². The molecule has 2 unspecified atom stereocenters. The largest absolute Gasteiger partial charge is 0.343 e. The molecule has 1 spiro atoms. The Morgan fingerprint density at radius 3 is 3.12 bits per heavy atom. The van der Waals surface area contributed by atoms with E-state index in [2.05, 4.69) is 0 Å². The average molecular weight is 243 g/mol. The van der Waals surface area contributed by atoms with Gasteiger partial charge in [-0.1, -0.05) is 6.07 Å². The maximum Gasteiger partial charge on any atom is 0.195 e. The molecule has 0 aromatic heterocycles. The van der Waals surface area contributed by atoms with Crippen LogP contribution in [-0.4, -0.2) is 18.6 Å². The lowest BCUT2D eigenvalue weighted by molar-refractivity contribution is -0.172. The van der Waals surface area contributed by atoms with Crippen molar-refractivity contribution in [2.75, 3.05) is 12.5 Å². The molecule has 16 heavy (non-hydrogen) atoms. The number of rotatable bonds is 1. The molecule has 3 rings (SSSR count). The lowest BCUT2D eigenvalue weighted by atomic mass is 10.1. The zero-order valence-corrected chi connectivity index (χ0v) is 9.47. The van der Waals surface area contributed by atoms with Crippen LogP contribution in [0.1, 0.15) is 17.5 Å². The topological polar surface area (TPSA) is 18.5 Å². The van der Waals surface area contributed by atoms with Gasteiger partial charge in [0.1, 0.15) is 5.82 Å². The standard InChI is InChI=1S/C12H12ClFO2/c13-6-10-7-15-12(16-10)4-3-8-5-9(14)1-2-11(8)12/h1-2,5,10H,3-4,6-7H2. The Hall–Kier alpha value is -0.640. The SMILES string of the molecule is Fc1ccc2c(c1)CCC21OCC(CCl)O1. The number of hydrogen-bond donors (Lipinski definition) is 0. The van der Waals surface area contributed by atoms with Crippen LogP contribution in [0.25, 0.3) is 0 Å². The first-order valence-corrected chi connectivity index (χ1v) is 5.94. The van der Waals surface area contributed by atoms with Crippen molar-refractivity contribution in [1.29, 1.82) is 0 Å². The van der Waals surface area contributed by atoms with Gasteiger partial charge in [0.15, 0.2) is 5.79 Å². The van der Waals surface area contributed by atoms with Crippen LogP contribution in [0.4, 0.5) is 4.39 Å². The third-order valence-electron chi connectivity index (χ3n) is 3.23. The summed E-state index contributed by atoms with van der Waals surface area (Å²) >= 11 is 5.76. The molecule has 1 aliphatic heterocycles. The molecule has 0 bridgehead atoms. The molecule has 1 aromatic carbocycles. The third-order valence-corrected chi connectivity index (χ3v) is 3.58. The van der Waals surface area contributed by atoms with Gasteiger partial charge < -0.3 is 9.47 Å². The van der Waals surface area contributed by atoms with Crippen LogP contribution < -0.4 is 0 Å². The molecule has 2 aliphatic rings. The number of halogens is 2. The van der Waals surface area contributed by atoms with Gasteiger partial charge in [0.25, 0.3) is 0 Å². The number of hydrogen-bond acceptors (Lipinski definition) is 2. The van der Waals surface area contributed by atoms with E-state index in [4.69, 9.17) is 21.1 Å². The van der Waals surface area contributed by atoms with E-state index < -0.39 is 5.79 Å². The van der Waals surface area contributed by atoms with Gasteiger partial charge in [-0.15, -0.1) is 11.6 Å². The van der Waals surface area contributed by atoms with Crippen LogP contribution >= 0.6 is 11.6 Å². The molecular formula is C12H12ClFO2. The summed E-state index contributed by atoms with van der Waals surface area (Å²) in [5.74, 6) is -0.441. The van der Waals surface area contributed by atoms with Crippen molar-refractivity contribution in [2.45, 2.75) is 24.7 Å². The number of fused-ring (bicyclic) bond motifs is 2. The number of alkyl halides is 1. The molecular weight excluding hydrogens is 231 g/mol. The van der Waals surface area contributed by atoms with Gasteiger partial charge >= 0.3 is 0 Å². The van der Waals surface area contributed by atoms with Crippen LogP contribution in [0.15, 0.2) is 18.2 Å². The second kappa shape index (κ2) is 3.69. The summed E-state index contributed by atoms with van der Waals surface area (Å²) in [6.45, 7) is 0.514. The minimum atomic E-state index is -0.664. The smallest absolute Gasteiger partial charge is 0.195 e. The highest BCUT2D eigenvalue weighted by molar-refractivity contribution is 6.18. The van der Waals surface area contributed by atoms with Crippen molar-refractivity contribution in [3.63, 3.8) is 0 Å². The van der Waals surface area contributed by atoms with Gasteiger partial charge in [-0.25, -0.2) is 4.39 Å². The van der Waals surface area contributed by atoms with Gasteiger partial charge in [-0.05, 0) is 24.1 Å². The van der Waals surface area contributed by atoms with Gasteiger partial charge in [0.05, 0.1) is 18.6 Å². The molecule has 0 saturated carbocycles. The lowest BCUT2D eigenvalue weighted by Crippen LogP contribution is -2.25. The van der Waals surface area contributed by atoms with Crippen molar-refractivity contribution in [3.05, 3.63) is 35.1 Å². The van der Waals surface area contributed by atoms with Gasteiger partial charge in [-0.3, -0.25) is 0 Å². The minimum Gasteiger partial charge on any atom is -0.343 e. The van der Waals surface area contributed by atoms with Crippen LogP contribution in [0.3, 0.4) is 0 Å². The summed E-state index contributed by atoms with van der Waals surface area (Å²) in [7, 11) is 0. The Bertz CT molecular complexity index is 423. The van der Waals surface area contributed by atoms with Crippen molar-refractivity contribution in [3.8, 4) is 0 Å². The van der Waals surface area contributed by atoms with Gasteiger partial charge in [-0.2, -0.15) is 0 Å². The Morgan fingerprint density at radius 2 is 2.38 bits per heavy atom. The van der Waals surface area contributed by atoms with Crippen molar-refractivity contribution < 1.29 is 13.9 Å². The predicted octanol–water partition coefficient (Wildman–Crippen LogP) is 2.58. The van der Waals surface area contributed by atoms with Gasteiger partial charge in [0, 0.05) is 12.0 Å². The first-order chi connectivity index (χ1) is 7.73. The minimum absolute atomic E-state index is 0.0577. The normalized spacial score (nSPS) is 32.2. The van der Waals surface area contributed by atoms with E-state index in [1.54, 1.807) is 12.1 Å². The quantitative estimate of drug-likeness (QED) is 0.705. The molecule has 1 aliphatic carbocycles. The number of benzene rings is 1. The van der Waals surface area contributed by atoms with Crippen molar-refractivity contribution in [2.24, 2.45) is 0 Å². The summed E-state index contributed by atoms with van der Waals surface area (Å²) in [4.78, 5) is 0. The summed E-state index contributed by atoms with van der Waals surface area (Å²) in [5, 5.41) is 0. The highest BCUT2D eigenvalue weighted by atomic mass is 35.5. The zero-order chi connectivity index (χ0) is 11.2. The molecule has 2 nitrogen and oxygen atoms in total. The van der Waals surface area contributed by atoms with E-state index in [0.717, 1.165) is 24.0 Å².